The second-order valence-electron chi connectivity index (χ2n) is 7.00. The van der Waals surface area contributed by atoms with Gasteiger partial charge in [-0.05, 0) is 37.7 Å². The van der Waals surface area contributed by atoms with Gasteiger partial charge in [0, 0.05) is 24.5 Å². The normalized spacial score (nSPS) is 19.9. The predicted octanol–water partition coefficient (Wildman–Crippen LogP) is 1.97. The summed E-state index contributed by atoms with van der Waals surface area (Å²) in [5.74, 6) is 2.72. The van der Waals surface area contributed by atoms with Crippen LogP contribution in [0.25, 0.3) is 10.9 Å². The maximum Gasteiger partial charge on any atom is 0.227 e. The maximum absolute atomic E-state index is 10.7. The van der Waals surface area contributed by atoms with Crippen LogP contribution in [0.4, 0.5) is 11.8 Å². The highest BCUT2D eigenvalue weighted by atomic mass is 16.5. The van der Waals surface area contributed by atoms with Crippen LogP contribution in [0.15, 0.2) is 12.1 Å². The van der Waals surface area contributed by atoms with E-state index in [1.807, 2.05) is 6.07 Å². The Bertz CT molecular complexity index is 798. The fourth-order valence-electron chi connectivity index (χ4n) is 3.73. The molecule has 2 aliphatic rings. The van der Waals surface area contributed by atoms with Gasteiger partial charge in [-0.2, -0.15) is 4.98 Å². The van der Waals surface area contributed by atoms with E-state index in [4.69, 9.17) is 15.2 Å². The molecular formula is C18H24N4O3. The molecule has 25 heavy (non-hydrogen) atoms. The Morgan fingerprint density at radius 1 is 1.12 bits per heavy atom. The second kappa shape index (κ2) is 5.91. The molecule has 2 heterocycles. The minimum Gasteiger partial charge on any atom is -0.493 e. The van der Waals surface area contributed by atoms with Gasteiger partial charge in [-0.1, -0.05) is 0 Å². The van der Waals surface area contributed by atoms with Gasteiger partial charge < -0.3 is 25.2 Å². The van der Waals surface area contributed by atoms with Gasteiger partial charge in [-0.3, -0.25) is 0 Å². The molecule has 1 saturated carbocycles. The van der Waals surface area contributed by atoms with Crippen molar-refractivity contribution in [3.63, 3.8) is 0 Å². The summed E-state index contributed by atoms with van der Waals surface area (Å²) in [6.45, 7) is 1.48. The number of hydrogen-bond donors (Lipinski definition) is 2. The first kappa shape index (κ1) is 16.2. The number of rotatable bonds is 4. The van der Waals surface area contributed by atoms with Gasteiger partial charge in [0.2, 0.25) is 5.95 Å². The summed E-state index contributed by atoms with van der Waals surface area (Å²) in [5, 5.41) is 11.4. The lowest BCUT2D eigenvalue weighted by molar-refractivity contribution is -0.00551. The van der Waals surface area contributed by atoms with Crippen molar-refractivity contribution in [3.8, 4) is 11.5 Å². The molecule has 1 aromatic heterocycles. The largest absolute Gasteiger partial charge is 0.493 e. The number of piperidine rings is 1. The van der Waals surface area contributed by atoms with Crippen molar-refractivity contribution >= 4 is 22.7 Å². The van der Waals surface area contributed by atoms with Gasteiger partial charge in [-0.15, -0.1) is 0 Å². The second-order valence-corrected chi connectivity index (χ2v) is 7.00. The molecule has 0 spiro atoms. The van der Waals surface area contributed by atoms with Crippen molar-refractivity contribution in [2.45, 2.75) is 31.3 Å². The van der Waals surface area contributed by atoms with Gasteiger partial charge in [0.15, 0.2) is 11.5 Å². The van der Waals surface area contributed by atoms with Crippen molar-refractivity contribution in [1.82, 2.24) is 9.97 Å². The fourth-order valence-corrected chi connectivity index (χ4v) is 3.73. The van der Waals surface area contributed by atoms with E-state index in [0.717, 1.165) is 49.7 Å². The van der Waals surface area contributed by atoms with Crippen molar-refractivity contribution in [2.75, 3.05) is 37.9 Å². The van der Waals surface area contributed by atoms with E-state index in [1.54, 1.807) is 20.3 Å². The Balaban J connectivity index is 1.64. The third-order valence-corrected chi connectivity index (χ3v) is 5.47. The topological polar surface area (TPSA) is 93.7 Å². The van der Waals surface area contributed by atoms with Crippen molar-refractivity contribution in [3.05, 3.63) is 12.1 Å². The quantitative estimate of drug-likeness (QED) is 0.876. The molecular weight excluding hydrogens is 320 g/mol. The first-order chi connectivity index (χ1) is 12.0. The molecule has 0 amide bonds. The number of ether oxygens (including phenoxy) is 2. The van der Waals surface area contributed by atoms with Crippen LogP contribution < -0.4 is 20.1 Å². The van der Waals surface area contributed by atoms with Crippen LogP contribution in [0, 0.1) is 5.92 Å². The van der Waals surface area contributed by atoms with Gasteiger partial charge >= 0.3 is 0 Å². The molecule has 1 aliphatic heterocycles. The van der Waals surface area contributed by atoms with Gasteiger partial charge in [0.1, 0.15) is 5.82 Å². The fraction of sp³-hybridized carbons (Fsp3) is 0.556. The highest BCUT2D eigenvalue weighted by Crippen LogP contribution is 2.45. The zero-order chi connectivity index (χ0) is 17.6. The van der Waals surface area contributed by atoms with Crippen LogP contribution in [0.3, 0.4) is 0 Å². The van der Waals surface area contributed by atoms with Gasteiger partial charge in [0.25, 0.3) is 0 Å². The SMILES string of the molecule is COc1cc2nc(N3CCC(O)(C4CC4)CC3)nc(N)c2cc1OC. The summed E-state index contributed by atoms with van der Waals surface area (Å²) in [6.07, 6.45) is 3.81. The number of nitrogens with zero attached hydrogens (tertiary/aromatic N) is 3. The molecule has 0 unspecified atom stereocenters. The number of aliphatic hydroxyl groups is 1. The van der Waals surface area contributed by atoms with Crippen molar-refractivity contribution < 1.29 is 14.6 Å². The Morgan fingerprint density at radius 3 is 2.36 bits per heavy atom. The third kappa shape index (κ3) is 2.82. The summed E-state index contributed by atoms with van der Waals surface area (Å²) in [5.41, 5.74) is 6.39. The molecule has 7 nitrogen and oxygen atoms in total. The number of nitrogens with two attached hydrogens (primary N) is 1. The van der Waals surface area contributed by atoms with Crippen LogP contribution in [0.1, 0.15) is 25.7 Å². The van der Waals surface area contributed by atoms with E-state index in [2.05, 4.69) is 14.9 Å². The number of methoxy groups -OCH3 is 2. The van der Waals surface area contributed by atoms with Crippen molar-refractivity contribution in [1.29, 1.82) is 0 Å². The molecule has 0 bridgehead atoms. The number of fused-ring (bicyclic) bond motifs is 1. The highest BCUT2D eigenvalue weighted by Gasteiger charge is 2.45. The number of aromatic nitrogens is 2. The molecule has 0 radical (unpaired) electrons. The summed E-state index contributed by atoms with van der Waals surface area (Å²) >= 11 is 0. The molecule has 2 aromatic rings. The average molecular weight is 344 g/mol. The Hall–Kier alpha value is -2.28. The Kier molecular flexibility index (Phi) is 3.83. The van der Waals surface area contributed by atoms with E-state index in [0.29, 0.717) is 29.2 Å². The van der Waals surface area contributed by atoms with Crippen LogP contribution in [0.2, 0.25) is 0 Å². The zero-order valence-electron chi connectivity index (χ0n) is 14.7. The predicted molar refractivity (Wildman–Crippen MR) is 96.2 cm³/mol. The first-order valence-electron chi connectivity index (χ1n) is 8.70. The lowest BCUT2D eigenvalue weighted by atomic mass is 9.87. The maximum atomic E-state index is 10.7. The number of benzene rings is 1. The third-order valence-electron chi connectivity index (χ3n) is 5.47. The van der Waals surface area contributed by atoms with Crippen molar-refractivity contribution in [2.24, 2.45) is 5.92 Å². The smallest absolute Gasteiger partial charge is 0.227 e. The first-order valence-corrected chi connectivity index (χ1v) is 8.70. The van der Waals surface area contributed by atoms with Gasteiger partial charge in [-0.25, -0.2) is 4.98 Å². The van der Waals surface area contributed by atoms with E-state index in [-0.39, 0.29) is 0 Å². The lowest BCUT2D eigenvalue weighted by Crippen LogP contribution is -2.46. The summed E-state index contributed by atoms with van der Waals surface area (Å²) in [7, 11) is 3.18. The van der Waals surface area contributed by atoms with Crippen LogP contribution in [0.5, 0.6) is 11.5 Å². The van der Waals surface area contributed by atoms with Crippen LogP contribution in [-0.2, 0) is 0 Å². The summed E-state index contributed by atoms with van der Waals surface area (Å²) in [6, 6.07) is 3.62. The standard InChI is InChI=1S/C18H24N4O3/c1-24-14-9-12-13(10-15(14)25-2)20-17(21-16(12)19)22-7-5-18(23,6-8-22)11-3-4-11/h9-11,23H,3-8H2,1-2H3,(H2,19,20,21). The summed E-state index contributed by atoms with van der Waals surface area (Å²) in [4.78, 5) is 11.2. The Labute approximate surface area is 146 Å². The number of hydrogen-bond acceptors (Lipinski definition) is 7. The highest BCUT2D eigenvalue weighted by molar-refractivity contribution is 5.91. The molecule has 0 atom stereocenters. The van der Waals surface area contributed by atoms with E-state index >= 15 is 0 Å². The number of anilines is 2. The molecule has 2 fully saturated rings. The van der Waals surface area contributed by atoms with Gasteiger partial charge in [0.05, 0.1) is 25.3 Å². The molecule has 7 heteroatoms. The average Bonchev–Trinajstić information content (AvgIpc) is 3.47. The molecule has 1 aromatic carbocycles. The number of nitrogen functional groups attached to an aromatic ring is 1. The summed E-state index contributed by atoms with van der Waals surface area (Å²) < 4.78 is 10.7. The van der Waals surface area contributed by atoms with E-state index < -0.39 is 5.60 Å². The molecule has 1 aliphatic carbocycles. The monoisotopic (exact) mass is 344 g/mol. The van der Waals surface area contributed by atoms with E-state index in [9.17, 15) is 5.11 Å². The molecule has 1 saturated heterocycles. The van der Waals surface area contributed by atoms with E-state index in [1.165, 1.54) is 0 Å². The lowest BCUT2D eigenvalue weighted by Gasteiger charge is -2.38. The van der Waals surface area contributed by atoms with Crippen LogP contribution in [-0.4, -0.2) is 48.0 Å². The molecule has 3 N–H and O–H groups in total. The molecule has 134 valence electrons. The molecule has 4 rings (SSSR count). The minimum atomic E-state index is -0.504. The Morgan fingerprint density at radius 2 is 1.76 bits per heavy atom. The van der Waals surface area contributed by atoms with Crippen LogP contribution >= 0.6 is 0 Å². The zero-order valence-corrected chi connectivity index (χ0v) is 14.7. The minimum absolute atomic E-state index is 0.420.